The Bertz CT molecular complexity index is 1020. The molecule has 2 aliphatic rings. The Kier molecular flexibility index (Phi) is 8.73. The van der Waals surface area contributed by atoms with E-state index in [2.05, 4.69) is 10.00 Å². The van der Waals surface area contributed by atoms with E-state index < -0.39 is 6.04 Å². The van der Waals surface area contributed by atoms with Crippen LogP contribution in [0.2, 0.25) is 0 Å². The smallest absolute Gasteiger partial charge is 0.327 e. The van der Waals surface area contributed by atoms with Gasteiger partial charge in [-0.3, -0.25) is 19.2 Å². The zero-order chi connectivity index (χ0) is 22.7. The maximum Gasteiger partial charge on any atom is 0.327 e. The van der Waals surface area contributed by atoms with Gasteiger partial charge in [0.05, 0.1) is 18.3 Å². The maximum atomic E-state index is 14.7. The second-order valence-corrected chi connectivity index (χ2v) is 8.94. The molecule has 1 aliphatic carbocycles. The van der Waals surface area contributed by atoms with Crippen molar-refractivity contribution >= 4 is 42.9 Å². The number of carbonyl (C=O) groups excluding carboxylic acids is 2. The molecule has 0 radical (unpaired) electrons. The normalized spacial score (nSPS) is 20.8. The summed E-state index contributed by atoms with van der Waals surface area (Å²) in [6, 6.07) is 7.78. The molecule has 9 heteroatoms. The molecule has 0 N–H and O–H groups in total. The summed E-state index contributed by atoms with van der Waals surface area (Å²) in [5.41, 5.74) is 2.22. The topological polar surface area (TPSA) is 64.4 Å². The van der Waals surface area contributed by atoms with Crippen LogP contribution in [0.3, 0.4) is 0 Å². The number of Topliss-reactive ketones (excluding diaryl/α,β-unsaturated/α-hetero) is 1. The van der Waals surface area contributed by atoms with Gasteiger partial charge in [-0.2, -0.15) is 17.7 Å². The molecule has 33 heavy (non-hydrogen) atoms. The number of hydrogen-bond acceptors (Lipinski definition) is 6. The van der Waals surface area contributed by atoms with Gasteiger partial charge in [-0.25, -0.2) is 4.39 Å². The van der Waals surface area contributed by atoms with E-state index >= 15 is 0 Å². The summed E-state index contributed by atoms with van der Waals surface area (Å²) in [6.07, 6.45) is 6.10. The molecule has 0 amide bonds. The molecule has 6 nitrogen and oxygen atoms in total. The Balaban J connectivity index is 0.00000306. The van der Waals surface area contributed by atoms with E-state index in [1.807, 2.05) is 12.1 Å². The number of ether oxygens (including phenoxy) is 1. The second-order valence-electron chi connectivity index (χ2n) is 8.31. The highest BCUT2D eigenvalue weighted by Gasteiger charge is 2.40. The number of esters is 1. The first-order chi connectivity index (χ1) is 15.5. The number of aromatic nitrogens is 2. The monoisotopic (exact) mass is 493 g/mol. The van der Waals surface area contributed by atoms with Gasteiger partial charge in [-0.05, 0) is 50.0 Å². The molecule has 1 aliphatic heterocycles. The zero-order valence-electron chi connectivity index (χ0n) is 18.5. The fraction of sp³-hybridized carbons (Fsp3) is 0.458. The van der Waals surface area contributed by atoms with Crippen LogP contribution >= 0.6 is 25.0 Å². The number of carbonyl (C=O) groups is 2. The summed E-state index contributed by atoms with van der Waals surface area (Å²) in [6.45, 7) is 3.26. The molecule has 0 spiro atoms. The van der Waals surface area contributed by atoms with E-state index in [0.29, 0.717) is 25.3 Å². The Morgan fingerprint density at radius 3 is 2.73 bits per heavy atom. The number of rotatable bonds is 8. The molecule has 1 saturated carbocycles. The minimum atomic E-state index is -0.600. The first kappa shape index (κ1) is 25.5. The molecule has 2 fully saturated rings. The van der Waals surface area contributed by atoms with Gasteiger partial charge in [0.15, 0.2) is 5.78 Å². The molecule has 2 aromatic rings. The molecule has 2 unspecified atom stereocenters. The summed E-state index contributed by atoms with van der Waals surface area (Å²) in [5, 5.41) is 4.24. The third kappa shape index (κ3) is 6.05. The second kappa shape index (κ2) is 11.3. The van der Waals surface area contributed by atoms with Gasteiger partial charge in [0, 0.05) is 36.0 Å². The van der Waals surface area contributed by atoms with E-state index in [9.17, 15) is 14.0 Å². The Morgan fingerprint density at radius 2 is 2.03 bits per heavy atom. The van der Waals surface area contributed by atoms with E-state index in [0.717, 1.165) is 30.5 Å². The van der Waals surface area contributed by atoms with Crippen molar-refractivity contribution in [1.82, 2.24) is 14.7 Å². The minimum Gasteiger partial charge on any atom is -0.465 e. The van der Waals surface area contributed by atoms with Gasteiger partial charge >= 0.3 is 5.97 Å². The lowest BCUT2D eigenvalue weighted by atomic mass is 9.93. The van der Waals surface area contributed by atoms with Gasteiger partial charge in [-0.15, -0.1) is 12.4 Å². The number of nitrogens with zero attached hydrogens (tertiary/aromatic N) is 3. The number of hydrogen-bond donors (Lipinski definition) is 1. The number of likely N-dealkylation sites (tertiary alicyclic amines) is 1. The summed E-state index contributed by atoms with van der Waals surface area (Å²) < 4.78 is 21.3. The molecule has 1 aromatic heterocycles. The van der Waals surface area contributed by atoms with Crippen LogP contribution in [-0.4, -0.2) is 51.4 Å². The molecule has 4 rings (SSSR count). The van der Waals surface area contributed by atoms with Crippen molar-refractivity contribution in [1.29, 1.82) is 0 Å². The largest absolute Gasteiger partial charge is 0.465 e. The first-order valence-corrected chi connectivity index (χ1v) is 11.6. The minimum absolute atomic E-state index is 0. The Labute approximate surface area is 205 Å². The van der Waals surface area contributed by atoms with Crippen LogP contribution in [0, 0.1) is 11.7 Å². The standard InChI is InChI=1S/C24H28FN3O3S.ClH/c1-2-31-22(29)15-28-18(9-11-26-28)13-17-14-27(12-10-21(17)32)23(24(30)16-7-8-16)19-5-3-4-6-20(19)25;/h3-6,9,11,13,16,21,23,32H,2,7-8,10,12,14-15H2,1H3;1H. The average molecular weight is 494 g/mol. The SMILES string of the molecule is CCOC(=O)Cn1nccc1C=C1CN(C(C(=O)C2CC2)c2ccccc2F)CCC1S.Cl. The molecule has 2 heterocycles. The third-order valence-corrected chi connectivity index (χ3v) is 6.57. The lowest BCUT2D eigenvalue weighted by molar-refractivity contribution is -0.144. The van der Waals surface area contributed by atoms with E-state index in [1.54, 1.807) is 36.0 Å². The molecule has 2 atom stereocenters. The van der Waals surface area contributed by atoms with Crippen LogP contribution in [0.4, 0.5) is 4.39 Å². The summed E-state index contributed by atoms with van der Waals surface area (Å²) in [7, 11) is 0. The highest BCUT2D eigenvalue weighted by atomic mass is 35.5. The summed E-state index contributed by atoms with van der Waals surface area (Å²) in [5.74, 6) is -0.582. The van der Waals surface area contributed by atoms with Crippen molar-refractivity contribution in [2.24, 2.45) is 5.92 Å². The van der Waals surface area contributed by atoms with Gasteiger partial charge in [0.1, 0.15) is 12.4 Å². The molecular weight excluding hydrogens is 465 g/mol. The van der Waals surface area contributed by atoms with E-state index in [1.165, 1.54) is 6.07 Å². The predicted molar refractivity (Wildman–Crippen MR) is 130 cm³/mol. The van der Waals surface area contributed by atoms with Gasteiger partial charge < -0.3 is 4.74 Å². The van der Waals surface area contributed by atoms with Crippen LogP contribution in [-0.2, 0) is 20.9 Å². The fourth-order valence-corrected chi connectivity index (χ4v) is 4.46. The molecule has 178 valence electrons. The predicted octanol–water partition coefficient (Wildman–Crippen LogP) is 4.12. The van der Waals surface area contributed by atoms with Crippen molar-refractivity contribution in [3.63, 3.8) is 0 Å². The average Bonchev–Trinajstić information content (AvgIpc) is 3.54. The van der Waals surface area contributed by atoms with Gasteiger partial charge in [0.25, 0.3) is 0 Å². The molecule has 1 aromatic carbocycles. The molecular formula is C24H29ClFN3O3S. The van der Waals surface area contributed by atoms with Crippen LogP contribution in [0.15, 0.2) is 42.1 Å². The Hall–Kier alpha value is -2.16. The highest BCUT2D eigenvalue weighted by molar-refractivity contribution is 7.81. The van der Waals surface area contributed by atoms with E-state index in [4.69, 9.17) is 17.4 Å². The lowest BCUT2D eigenvalue weighted by Crippen LogP contribution is -2.42. The van der Waals surface area contributed by atoms with Crippen LogP contribution < -0.4 is 0 Å². The van der Waals surface area contributed by atoms with E-state index in [-0.39, 0.29) is 47.7 Å². The van der Waals surface area contributed by atoms with Crippen molar-refractivity contribution in [2.45, 2.75) is 44.0 Å². The number of ketones is 1. The first-order valence-electron chi connectivity index (χ1n) is 11.1. The maximum absolute atomic E-state index is 14.7. The number of halogens is 2. The third-order valence-electron chi connectivity index (χ3n) is 5.98. The summed E-state index contributed by atoms with van der Waals surface area (Å²) >= 11 is 4.75. The number of benzene rings is 1. The van der Waals surface area contributed by atoms with Crippen molar-refractivity contribution in [2.75, 3.05) is 19.7 Å². The highest BCUT2D eigenvalue weighted by Crippen LogP contribution is 2.39. The van der Waals surface area contributed by atoms with Crippen molar-refractivity contribution in [3.05, 3.63) is 59.2 Å². The van der Waals surface area contributed by atoms with Gasteiger partial charge in [0.2, 0.25) is 0 Å². The van der Waals surface area contributed by atoms with Crippen molar-refractivity contribution in [3.8, 4) is 0 Å². The quantitative estimate of drug-likeness (QED) is 0.443. The lowest BCUT2D eigenvalue weighted by Gasteiger charge is -2.37. The fourth-order valence-electron chi connectivity index (χ4n) is 4.19. The van der Waals surface area contributed by atoms with Crippen molar-refractivity contribution < 1.29 is 18.7 Å². The van der Waals surface area contributed by atoms with Crippen LogP contribution in [0.25, 0.3) is 6.08 Å². The van der Waals surface area contributed by atoms with Gasteiger partial charge in [-0.1, -0.05) is 18.2 Å². The molecule has 0 bridgehead atoms. The molecule has 1 saturated heterocycles. The summed E-state index contributed by atoms with van der Waals surface area (Å²) in [4.78, 5) is 27.1. The van der Waals surface area contributed by atoms with Crippen LogP contribution in [0.5, 0.6) is 0 Å². The number of piperidine rings is 1. The number of thiol groups is 1. The zero-order valence-corrected chi connectivity index (χ0v) is 20.2. The Morgan fingerprint density at radius 1 is 1.27 bits per heavy atom. The van der Waals surface area contributed by atoms with Crippen LogP contribution in [0.1, 0.15) is 43.5 Å².